The first kappa shape index (κ1) is 37.4. The van der Waals surface area contributed by atoms with Gasteiger partial charge in [0.1, 0.15) is 29.7 Å². The first-order chi connectivity index (χ1) is 24.2. The zero-order chi connectivity index (χ0) is 36.9. The number of aliphatic hydroxyl groups is 1. The van der Waals surface area contributed by atoms with Gasteiger partial charge in [-0.1, -0.05) is 44.2 Å². The Labute approximate surface area is 294 Å². The first-order valence-corrected chi connectivity index (χ1v) is 16.9. The average molecular weight is 709 g/mol. The molecule has 51 heavy (non-hydrogen) atoms. The number of carbonyl (C=O) groups is 4. The number of benzene rings is 2. The van der Waals surface area contributed by atoms with Gasteiger partial charge in [-0.15, -0.1) is 0 Å². The summed E-state index contributed by atoms with van der Waals surface area (Å²) in [6.45, 7) is 5.62. The molecular formula is C37H43F3N6O5. The second kappa shape index (κ2) is 16.0. The number of rotatable bonds is 15. The molecule has 0 saturated carbocycles. The Morgan fingerprint density at radius 1 is 1.10 bits per heavy atom. The lowest BCUT2D eigenvalue weighted by Crippen LogP contribution is -2.50. The molecule has 2 aliphatic rings. The van der Waals surface area contributed by atoms with Gasteiger partial charge < -0.3 is 25.2 Å². The second-order valence-electron chi connectivity index (χ2n) is 13.7. The lowest BCUT2D eigenvalue weighted by Gasteiger charge is -2.43. The highest BCUT2D eigenvalue weighted by molar-refractivity contribution is 6.13. The second-order valence-corrected chi connectivity index (χ2v) is 13.7. The molecule has 0 radical (unpaired) electrons. The molecule has 0 spiro atoms. The van der Waals surface area contributed by atoms with Gasteiger partial charge in [0, 0.05) is 75.5 Å². The number of hydrogen-bond donors (Lipinski definition) is 3. The predicted octanol–water partition coefficient (Wildman–Crippen LogP) is 3.53. The average Bonchev–Trinajstić information content (AvgIpc) is 3.78. The van der Waals surface area contributed by atoms with Crippen molar-refractivity contribution in [2.45, 2.75) is 58.5 Å². The van der Waals surface area contributed by atoms with Gasteiger partial charge in [-0.3, -0.25) is 24.1 Å². The van der Waals surface area contributed by atoms with E-state index >= 15 is 8.78 Å². The van der Waals surface area contributed by atoms with Gasteiger partial charge in [-0.25, -0.2) is 18.2 Å². The summed E-state index contributed by atoms with van der Waals surface area (Å²) >= 11 is 0. The number of imide groups is 1. The smallest absolute Gasteiger partial charge is 0.253 e. The van der Waals surface area contributed by atoms with Gasteiger partial charge in [-0.2, -0.15) is 0 Å². The standard InChI is InChI=1S/C37H43F3N6O5/c1-23(47)36(51)46(21-25-18-41-19-29(25)40)34(37(2,3)14-15-42-31(48)13-16-45-32(49)11-12-33(45)50)35-43-30(27-17-26(38)9-10-28(27)39)22-44(35)20-24-7-5-4-6-8-24/h4-12,17,22-23,25,29,34,41,47H,13-16,18-21H2,1-3H3,(H,42,48). The molecule has 11 nitrogen and oxygen atoms in total. The molecule has 14 heteroatoms. The Kier molecular flexibility index (Phi) is 11.8. The first-order valence-electron chi connectivity index (χ1n) is 16.9. The van der Waals surface area contributed by atoms with Gasteiger partial charge in [-0.05, 0) is 42.5 Å². The van der Waals surface area contributed by atoms with Gasteiger partial charge in [0.25, 0.3) is 17.7 Å². The van der Waals surface area contributed by atoms with Crippen molar-refractivity contribution >= 4 is 23.6 Å². The molecule has 1 fully saturated rings. The van der Waals surface area contributed by atoms with Crippen molar-refractivity contribution in [3.8, 4) is 11.3 Å². The molecule has 3 N–H and O–H groups in total. The maximum atomic E-state index is 15.2. The summed E-state index contributed by atoms with van der Waals surface area (Å²) in [4.78, 5) is 57.8. The van der Waals surface area contributed by atoms with E-state index in [2.05, 4.69) is 10.6 Å². The SMILES string of the molecule is CC(O)C(=O)N(CC1CNCC1F)C(c1nc(-c2cc(F)ccc2F)cn1Cc1ccccc1)C(C)(C)CCNC(=O)CCN1C(=O)C=CC1=O. The van der Waals surface area contributed by atoms with E-state index in [4.69, 9.17) is 4.98 Å². The van der Waals surface area contributed by atoms with Crippen molar-refractivity contribution in [2.24, 2.45) is 11.3 Å². The fourth-order valence-electron chi connectivity index (χ4n) is 6.60. The number of carbonyl (C=O) groups excluding carboxylic acids is 4. The molecule has 0 aliphatic carbocycles. The summed E-state index contributed by atoms with van der Waals surface area (Å²) in [5.74, 6) is -3.73. The molecular weight excluding hydrogens is 665 g/mol. The monoisotopic (exact) mass is 708 g/mol. The molecule has 3 heterocycles. The zero-order valence-electron chi connectivity index (χ0n) is 28.8. The van der Waals surface area contributed by atoms with E-state index in [1.54, 1.807) is 10.8 Å². The Balaban J connectivity index is 1.53. The van der Waals surface area contributed by atoms with Crippen LogP contribution in [0.15, 0.2) is 66.9 Å². The molecule has 1 aromatic heterocycles. The molecule has 3 aromatic rings. The van der Waals surface area contributed by atoms with Crippen molar-refractivity contribution in [3.05, 3.63) is 89.9 Å². The third-order valence-corrected chi connectivity index (χ3v) is 9.39. The van der Waals surface area contributed by atoms with Crippen molar-refractivity contribution < 1.29 is 37.5 Å². The third-order valence-electron chi connectivity index (χ3n) is 9.39. The number of aromatic nitrogens is 2. The van der Waals surface area contributed by atoms with Crippen LogP contribution in [0.3, 0.4) is 0 Å². The molecule has 4 unspecified atom stereocenters. The topological polar surface area (TPSA) is 137 Å². The zero-order valence-corrected chi connectivity index (χ0v) is 28.8. The number of amides is 4. The molecule has 0 bridgehead atoms. The van der Waals surface area contributed by atoms with Crippen LogP contribution in [-0.2, 0) is 25.7 Å². The minimum absolute atomic E-state index is 0.0772. The molecule has 1 saturated heterocycles. The van der Waals surface area contributed by atoms with Crippen LogP contribution in [0.5, 0.6) is 0 Å². The highest BCUT2D eigenvalue weighted by Gasteiger charge is 2.44. The third kappa shape index (κ3) is 8.92. The quantitative estimate of drug-likeness (QED) is 0.206. The van der Waals surface area contributed by atoms with Crippen LogP contribution < -0.4 is 10.6 Å². The van der Waals surface area contributed by atoms with Crippen LogP contribution in [-0.4, -0.2) is 93.1 Å². The molecule has 5 rings (SSSR count). The largest absolute Gasteiger partial charge is 0.384 e. The minimum atomic E-state index is -1.46. The minimum Gasteiger partial charge on any atom is -0.384 e. The molecule has 2 aromatic carbocycles. The summed E-state index contributed by atoms with van der Waals surface area (Å²) in [5, 5.41) is 16.5. The van der Waals surface area contributed by atoms with Crippen molar-refractivity contribution in [1.82, 2.24) is 30.0 Å². The number of alkyl halides is 1. The maximum absolute atomic E-state index is 15.2. The van der Waals surface area contributed by atoms with E-state index in [0.717, 1.165) is 40.8 Å². The van der Waals surface area contributed by atoms with Crippen LogP contribution in [0, 0.1) is 23.0 Å². The van der Waals surface area contributed by atoms with E-state index in [1.165, 1.54) is 11.8 Å². The van der Waals surface area contributed by atoms with E-state index in [9.17, 15) is 28.7 Å². The van der Waals surface area contributed by atoms with Crippen LogP contribution in [0.2, 0.25) is 0 Å². The van der Waals surface area contributed by atoms with Crippen molar-refractivity contribution in [2.75, 3.05) is 32.7 Å². The fraction of sp³-hybridized carbons (Fsp3) is 0.432. The number of halogens is 3. The summed E-state index contributed by atoms with van der Waals surface area (Å²) < 4.78 is 46.4. The lowest BCUT2D eigenvalue weighted by atomic mass is 9.78. The summed E-state index contributed by atoms with van der Waals surface area (Å²) in [6, 6.07) is 11.4. The molecule has 2 aliphatic heterocycles. The summed E-state index contributed by atoms with van der Waals surface area (Å²) in [5.41, 5.74) is -0.0522. The highest BCUT2D eigenvalue weighted by Crippen LogP contribution is 2.43. The van der Waals surface area contributed by atoms with Crippen LogP contribution >= 0.6 is 0 Å². The highest BCUT2D eigenvalue weighted by atomic mass is 19.1. The number of nitrogens with one attached hydrogen (secondary N) is 2. The van der Waals surface area contributed by atoms with Gasteiger partial charge >= 0.3 is 0 Å². The van der Waals surface area contributed by atoms with Crippen LogP contribution in [0.1, 0.15) is 51.0 Å². The number of aliphatic hydroxyl groups excluding tert-OH is 1. The summed E-state index contributed by atoms with van der Waals surface area (Å²) in [7, 11) is 0. The fourth-order valence-corrected chi connectivity index (χ4v) is 6.60. The Hall–Kier alpha value is -4.82. The maximum Gasteiger partial charge on any atom is 0.253 e. The summed E-state index contributed by atoms with van der Waals surface area (Å²) in [6.07, 6.45) is 1.28. The van der Waals surface area contributed by atoms with Crippen LogP contribution in [0.25, 0.3) is 11.3 Å². The number of nitrogens with zero attached hydrogens (tertiary/aromatic N) is 4. The van der Waals surface area contributed by atoms with E-state index < -0.39 is 64.9 Å². The van der Waals surface area contributed by atoms with Gasteiger partial charge in [0.15, 0.2) is 0 Å². The lowest BCUT2D eigenvalue weighted by molar-refractivity contribution is -0.146. The van der Waals surface area contributed by atoms with E-state index in [0.29, 0.717) is 12.4 Å². The Morgan fingerprint density at radius 3 is 2.45 bits per heavy atom. The van der Waals surface area contributed by atoms with E-state index in [-0.39, 0.29) is 56.8 Å². The van der Waals surface area contributed by atoms with Gasteiger partial charge in [0.2, 0.25) is 5.91 Å². The van der Waals surface area contributed by atoms with Gasteiger partial charge in [0.05, 0.1) is 11.7 Å². The molecule has 4 amide bonds. The normalized spacial score (nSPS) is 18.7. The van der Waals surface area contributed by atoms with Crippen molar-refractivity contribution in [1.29, 1.82) is 0 Å². The predicted molar refractivity (Wildman–Crippen MR) is 182 cm³/mol. The number of hydrogen-bond acceptors (Lipinski definition) is 7. The Morgan fingerprint density at radius 2 is 1.80 bits per heavy atom. The molecule has 272 valence electrons. The van der Waals surface area contributed by atoms with Crippen LogP contribution in [0.4, 0.5) is 13.2 Å². The van der Waals surface area contributed by atoms with Crippen molar-refractivity contribution in [3.63, 3.8) is 0 Å². The molecule has 4 atom stereocenters. The van der Waals surface area contributed by atoms with E-state index in [1.807, 2.05) is 44.2 Å². The number of imidazole rings is 1. The Bertz CT molecular complexity index is 1760.